The molecule has 0 aromatic heterocycles. The third-order valence-electron chi connectivity index (χ3n) is 3.97. The van der Waals surface area contributed by atoms with Crippen LogP contribution in [0.1, 0.15) is 24.0 Å². The van der Waals surface area contributed by atoms with Gasteiger partial charge in [-0.05, 0) is 78.7 Å². The molecule has 3 rings (SSSR count). The summed E-state index contributed by atoms with van der Waals surface area (Å²) in [5, 5.41) is 0. The van der Waals surface area contributed by atoms with E-state index in [1.807, 2.05) is 0 Å². The Bertz CT molecular complexity index is 679. The van der Waals surface area contributed by atoms with Crippen molar-refractivity contribution < 1.29 is 0 Å². The van der Waals surface area contributed by atoms with Crippen LogP contribution >= 0.6 is 0 Å². The zero-order valence-corrected chi connectivity index (χ0v) is 12.5. The molecule has 1 aromatic rings. The summed E-state index contributed by atoms with van der Waals surface area (Å²) in [4.78, 5) is 3.38. The van der Waals surface area contributed by atoms with E-state index in [4.69, 9.17) is 5.73 Å². The minimum atomic E-state index is 0.785. The number of nitrogens with two attached hydrogens (primary N) is 1. The van der Waals surface area contributed by atoms with E-state index in [0.717, 1.165) is 19.4 Å². The molecule has 0 unspecified atom stereocenters. The second-order valence-corrected chi connectivity index (χ2v) is 5.73. The van der Waals surface area contributed by atoms with Crippen LogP contribution in [0.2, 0.25) is 0 Å². The summed E-state index contributed by atoms with van der Waals surface area (Å²) in [6, 6.07) is 15.5. The lowest BCUT2D eigenvalue weighted by atomic mass is 10.0. The number of benzene rings is 1. The van der Waals surface area contributed by atoms with E-state index in [1.165, 1.54) is 39.9 Å². The van der Waals surface area contributed by atoms with Gasteiger partial charge in [-0.3, -0.25) is 0 Å². The Morgan fingerprint density at radius 1 is 0.905 bits per heavy atom. The topological polar surface area (TPSA) is 41.8 Å². The quantitative estimate of drug-likeness (QED) is 0.668. The van der Waals surface area contributed by atoms with Crippen LogP contribution in [0.4, 0.5) is 0 Å². The first-order chi connectivity index (χ1) is 10.3. The highest BCUT2D eigenvalue weighted by atomic mass is 14.7. The molecule has 1 aromatic carbocycles. The van der Waals surface area contributed by atoms with Gasteiger partial charge in [-0.1, -0.05) is 24.3 Å². The van der Waals surface area contributed by atoms with Crippen molar-refractivity contribution in [2.45, 2.75) is 26.2 Å². The number of rotatable bonds is 5. The van der Waals surface area contributed by atoms with E-state index in [9.17, 15) is 0 Å². The molecule has 0 spiro atoms. The van der Waals surface area contributed by atoms with Gasteiger partial charge in [0.15, 0.2) is 0 Å². The maximum absolute atomic E-state index is 5.54. The highest BCUT2D eigenvalue weighted by Gasteiger charge is 2.07. The Morgan fingerprint density at radius 2 is 1.71 bits per heavy atom. The van der Waals surface area contributed by atoms with Crippen molar-refractivity contribution in [3.63, 3.8) is 0 Å². The van der Waals surface area contributed by atoms with Gasteiger partial charge in [0, 0.05) is 11.9 Å². The van der Waals surface area contributed by atoms with Crippen molar-refractivity contribution in [2.75, 3.05) is 6.54 Å². The predicted octanol–water partition coefficient (Wildman–Crippen LogP) is 4.38. The number of H-pyrrole nitrogens is 1. The number of unbranched alkanes of at least 4 members (excludes halogenated alkanes) is 1. The van der Waals surface area contributed by atoms with E-state index < -0.39 is 0 Å². The summed E-state index contributed by atoms with van der Waals surface area (Å²) in [6.45, 7) is 2.91. The third-order valence-corrected chi connectivity index (χ3v) is 3.97. The summed E-state index contributed by atoms with van der Waals surface area (Å²) in [6.07, 6.45) is 5.47. The molecule has 2 heteroatoms. The monoisotopic (exact) mass is 278 g/mol. The fraction of sp³-hybridized carbons (Fsp3) is 0.263. The van der Waals surface area contributed by atoms with Crippen LogP contribution in [0, 0.1) is 6.92 Å². The van der Waals surface area contributed by atoms with Crippen LogP contribution in [0.15, 0.2) is 48.7 Å². The smallest absolute Gasteiger partial charge is 0.0456 e. The molecular weight excluding hydrogens is 256 g/mol. The molecular formula is C19H22N2. The molecule has 21 heavy (non-hydrogen) atoms. The Hall–Kier alpha value is -2.06. The molecule has 1 aliphatic heterocycles. The van der Waals surface area contributed by atoms with E-state index >= 15 is 0 Å². The number of pyridine rings is 1. The number of hydrogen-bond acceptors (Lipinski definition) is 1. The lowest BCUT2D eigenvalue weighted by Crippen LogP contribution is -1.98. The van der Waals surface area contributed by atoms with Crippen LogP contribution in [-0.4, -0.2) is 11.5 Å². The molecule has 2 aliphatic rings. The van der Waals surface area contributed by atoms with Crippen molar-refractivity contribution in [1.29, 1.82) is 0 Å². The van der Waals surface area contributed by atoms with Gasteiger partial charge >= 0.3 is 0 Å². The molecule has 1 heterocycles. The molecule has 1 aliphatic carbocycles. The van der Waals surface area contributed by atoms with Gasteiger partial charge in [-0.25, -0.2) is 0 Å². The van der Waals surface area contributed by atoms with Gasteiger partial charge in [0.1, 0.15) is 0 Å². The first-order valence-corrected chi connectivity index (χ1v) is 7.64. The van der Waals surface area contributed by atoms with Crippen molar-refractivity contribution >= 4 is 0 Å². The zero-order valence-electron chi connectivity index (χ0n) is 12.5. The third kappa shape index (κ3) is 3.17. The molecule has 3 N–H and O–H groups in total. The maximum Gasteiger partial charge on any atom is 0.0456 e. The molecule has 0 fully saturated rings. The second-order valence-electron chi connectivity index (χ2n) is 5.73. The molecule has 0 atom stereocenters. The van der Waals surface area contributed by atoms with Gasteiger partial charge in [0.2, 0.25) is 0 Å². The summed E-state index contributed by atoms with van der Waals surface area (Å²) >= 11 is 0. The number of aryl methyl sites for hydroxylation is 2. The summed E-state index contributed by atoms with van der Waals surface area (Å²) in [7, 11) is 0. The Labute approximate surface area is 126 Å². The molecule has 108 valence electrons. The maximum atomic E-state index is 5.54. The van der Waals surface area contributed by atoms with Gasteiger partial charge in [0.25, 0.3) is 0 Å². The van der Waals surface area contributed by atoms with Crippen molar-refractivity contribution in [3.05, 3.63) is 59.8 Å². The highest BCUT2D eigenvalue weighted by molar-refractivity contribution is 5.73. The average molecular weight is 278 g/mol. The Balaban J connectivity index is 1.80. The number of aromatic nitrogens is 1. The van der Waals surface area contributed by atoms with Crippen molar-refractivity contribution in [3.8, 4) is 22.4 Å². The van der Waals surface area contributed by atoms with Crippen LogP contribution < -0.4 is 5.73 Å². The van der Waals surface area contributed by atoms with Crippen molar-refractivity contribution in [2.24, 2.45) is 5.73 Å². The fourth-order valence-electron chi connectivity index (χ4n) is 2.79. The zero-order chi connectivity index (χ0) is 14.7. The van der Waals surface area contributed by atoms with E-state index in [2.05, 4.69) is 60.6 Å². The predicted molar refractivity (Wildman–Crippen MR) is 89.6 cm³/mol. The fourth-order valence-corrected chi connectivity index (χ4v) is 2.79. The largest absolute Gasteiger partial charge is 0.361 e. The van der Waals surface area contributed by atoms with Gasteiger partial charge < -0.3 is 10.7 Å². The van der Waals surface area contributed by atoms with Crippen LogP contribution in [0.5, 0.6) is 0 Å². The summed E-state index contributed by atoms with van der Waals surface area (Å²) < 4.78 is 0. The van der Waals surface area contributed by atoms with Crippen molar-refractivity contribution in [1.82, 2.24) is 4.98 Å². The molecule has 0 amide bonds. The lowest BCUT2D eigenvalue weighted by molar-refractivity contribution is 0.745. The lowest BCUT2D eigenvalue weighted by Gasteiger charge is -2.07. The Morgan fingerprint density at radius 3 is 2.48 bits per heavy atom. The molecule has 0 radical (unpaired) electrons. The summed E-state index contributed by atoms with van der Waals surface area (Å²) in [5.41, 5.74) is 13.2. The van der Waals surface area contributed by atoms with Crippen LogP contribution in [0.25, 0.3) is 22.4 Å². The highest BCUT2D eigenvalue weighted by Crippen LogP contribution is 2.29. The average Bonchev–Trinajstić information content (AvgIpc) is 2.87. The first kappa shape index (κ1) is 13.9. The van der Waals surface area contributed by atoms with Gasteiger partial charge in [0.05, 0.1) is 0 Å². The van der Waals surface area contributed by atoms with Crippen LogP contribution in [0.3, 0.4) is 0 Å². The number of nitrogens with one attached hydrogen (secondary N) is 1. The minimum absolute atomic E-state index is 0.785. The number of aromatic amines is 1. The second kappa shape index (κ2) is 6.15. The van der Waals surface area contributed by atoms with Gasteiger partial charge in [-0.15, -0.1) is 0 Å². The molecule has 2 nitrogen and oxygen atoms in total. The van der Waals surface area contributed by atoms with E-state index in [-0.39, 0.29) is 0 Å². The normalized spacial score (nSPS) is 11.1. The SMILES string of the molecule is Cc1cc2cc(-c3ccc(CCCCN)cc3)c[nH]c-2c1. The first-order valence-electron chi connectivity index (χ1n) is 7.64. The number of fused-ring (bicyclic) bond motifs is 1. The number of hydrogen-bond donors (Lipinski definition) is 2. The van der Waals surface area contributed by atoms with E-state index in [0.29, 0.717) is 0 Å². The Kier molecular flexibility index (Phi) is 4.07. The van der Waals surface area contributed by atoms with Crippen LogP contribution in [-0.2, 0) is 6.42 Å². The standard InChI is InChI=1S/C19H22N2/c1-14-10-17-12-18(13-21-19(17)11-14)16-7-5-15(6-8-16)4-2-3-9-20/h5-8,10-13,21H,2-4,9,20H2,1H3. The molecule has 0 saturated heterocycles. The molecule has 0 saturated carbocycles. The van der Waals surface area contributed by atoms with E-state index in [1.54, 1.807) is 0 Å². The summed E-state index contributed by atoms with van der Waals surface area (Å²) in [5.74, 6) is 0. The minimum Gasteiger partial charge on any atom is -0.361 e. The van der Waals surface area contributed by atoms with Gasteiger partial charge in [-0.2, -0.15) is 0 Å². The molecule has 0 bridgehead atoms.